The number of fused-ring (bicyclic) bond motifs is 7. The van der Waals surface area contributed by atoms with Crippen molar-refractivity contribution < 1.29 is 0 Å². The Labute approximate surface area is 242 Å². The van der Waals surface area contributed by atoms with Crippen LogP contribution in [-0.4, -0.2) is 6.04 Å². The van der Waals surface area contributed by atoms with Crippen LogP contribution < -0.4 is 4.90 Å². The van der Waals surface area contributed by atoms with Gasteiger partial charge in [0.05, 0.1) is 11.5 Å². The van der Waals surface area contributed by atoms with E-state index in [1.165, 1.54) is 55.9 Å². The third-order valence-electron chi connectivity index (χ3n) is 9.19. The third kappa shape index (κ3) is 3.42. The van der Waals surface area contributed by atoms with E-state index < -0.39 is 0 Å². The van der Waals surface area contributed by atoms with Crippen LogP contribution in [0.5, 0.6) is 0 Å². The van der Waals surface area contributed by atoms with Crippen molar-refractivity contribution in [2.24, 2.45) is 5.92 Å². The van der Waals surface area contributed by atoms with Crippen LogP contribution in [0.3, 0.4) is 0 Å². The van der Waals surface area contributed by atoms with Crippen molar-refractivity contribution in [1.82, 2.24) is 0 Å². The Balaban J connectivity index is 1.41. The fraction of sp³-hybridized carbons (Fsp3) is 0.100. The molecule has 0 radical (unpaired) electrons. The smallest absolute Gasteiger partial charge is 0.0722 e. The summed E-state index contributed by atoms with van der Waals surface area (Å²) in [6, 6.07) is 49.0. The summed E-state index contributed by atoms with van der Waals surface area (Å²) < 4.78 is 0. The van der Waals surface area contributed by atoms with Gasteiger partial charge in [0.2, 0.25) is 0 Å². The summed E-state index contributed by atoms with van der Waals surface area (Å²) in [5.74, 6) is 0.295. The molecule has 2 unspecified atom stereocenters. The van der Waals surface area contributed by atoms with Crippen LogP contribution in [0.2, 0.25) is 0 Å². The molecule has 1 spiro atoms. The quantitative estimate of drug-likeness (QED) is 0.226. The molecule has 41 heavy (non-hydrogen) atoms. The summed E-state index contributed by atoms with van der Waals surface area (Å²) in [6.45, 7) is 2.36. The molecule has 0 amide bonds. The van der Waals surface area contributed by atoms with Gasteiger partial charge in [-0.3, -0.25) is 0 Å². The Hall–Kier alpha value is -4.88. The normalized spacial score (nSPS) is 19.2. The van der Waals surface area contributed by atoms with E-state index in [1.54, 1.807) is 0 Å². The van der Waals surface area contributed by atoms with Crippen LogP contribution in [0, 0.1) is 5.92 Å². The predicted molar refractivity (Wildman–Crippen MR) is 171 cm³/mol. The molecule has 0 saturated heterocycles. The molecule has 0 fully saturated rings. The van der Waals surface area contributed by atoms with Gasteiger partial charge in [-0.1, -0.05) is 134 Å². The topological polar surface area (TPSA) is 3.24 Å². The van der Waals surface area contributed by atoms with Gasteiger partial charge in [-0.25, -0.2) is 0 Å². The zero-order chi connectivity index (χ0) is 27.4. The Morgan fingerprint density at radius 2 is 1.07 bits per heavy atom. The highest BCUT2D eigenvalue weighted by Gasteiger charge is 2.52. The molecule has 3 aliphatic rings. The van der Waals surface area contributed by atoms with E-state index in [4.69, 9.17) is 0 Å². The molecule has 3 aliphatic carbocycles. The fourth-order valence-corrected chi connectivity index (χ4v) is 7.58. The highest BCUT2D eigenvalue weighted by atomic mass is 15.2. The highest BCUT2D eigenvalue weighted by molar-refractivity contribution is 5.93. The molecule has 1 nitrogen and oxygen atoms in total. The second kappa shape index (κ2) is 9.35. The molecule has 0 heterocycles. The van der Waals surface area contributed by atoms with Crippen LogP contribution in [0.25, 0.3) is 17.2 Å². The zero-order valence-electron chi connectivity index (χ0n) is 23.1. The molecule has 196 valence electrons. The largest absolute Gasteiger partial charge is 0.333 e. The molecule has 0 aliphatic heterocycles. The van der Waals surface area contributed by atoms with E-state index in [2.05, 4.69) is 170 Å². The van der Waals surface area contributed by atoms with E-state index in [0.29, 0.717) is 5.92 Å². The number of hydrogen-bond donors (Lipinski definition) is 0. The highest BCUT2D eigenvalue weighted by Crippen LogP contribution is 2.62. The minimum absolute atomic E-state index is 0.113. The van der Waals surface area contributed by atoms with Crippen LogP contribution >= 0.6 is 0 Å². The lowest BCUT2D eigenvalue weighted by Crippen LogP contribution is -2.42. The van der Waals surface area contributed by atoms with Gasteiger partial charge in [-0.2, -0.15) is 0 Å². The van der Waals surface area contributed by atoms with Gasteiger partial charge in [0.1, 0.15) is 0 Å². The maximum Gasteiger partial charge on any atom is 0.0722 e. The molecule has 5 aromatic carbocycles. The van der Waals surface area contributed by atoms with Gasteiger partial charge in [-0.15, -0.1) is 0 Å². The Bertz CT molecular complexity index is 1770. The monoisotopic (exact) mass is 525 g/mol. The second-order valence-electron chi connectivity index (χ2n) is 11.3. The Kier molecular flexibility index (Phi) is 5.47. The summed E-state index contributed by atoms with van der Waals surface area (Å²) in [5, 5.41) is 0. The third-order valence-corrected chi connectivity index (χ3v) is 9.19. The van der Waals surface area contributed by atoms with Crippen molar-refractivity contribution in [3.63, 3.8) is 0 Å². The lowest BCUT2D eigenvalue weighted by atomic mass is 9.65. The van der Waals surface area contributed by atoms with Crippen LogP contribution in [0.4, 0.5) is 11.4 Å². The number of allylic oxidation sites excluding steroid dienone is 2. The molecular weight excluding hydrogens is 494 g/mol. The average molecular weight is 526 g/mol. The maximum atomic E-state index is 2.55. The first kappa shape index (κ1) is 24.0. The van der Waals surface area contributed by atoms with Gasteiger partial charge in [0.15, 0.2) is 0 Å². The minimum Gasteiger partial charge on any atom is -0.333 e. The lowest BCUT2D eigenvalue weighted by Gasteiger charge is -2.43. The SMILES string of the molecule is CC1C=CC=C(C2=Cc3ccccc3C23c2ccccc2-c2ccccc23)C1N(c1ccccc1)c1ccccc1. The Morgan fingerprint density at radius 1 is 0.561 bits per heavy atom. The van der Waals surface area contributed by atoms with E-state index in [1.807, 2.05) is 0 Å². The number of nitrogens with zero attached hydrogens (tertiary/aromatic N) is 1. The van der Waals surface area contributed by atoms with Crippen molar-refractivity contribution in [1.29, 1.82) is 0 Å². The minimum atomic E-state index is -0.363. The van der Waals surface area contributed by atoms with Gasteiger partial charge in [0, 0.05) is 11.4 Å². The first-order valence-electron chi connectivity index (χ1n) is 14.6. The van der Waals surface area contributed by atoms with Crippen LogP contribution in [0.1, 0.15) is 29.2 Å². The van der Waals surface area contributed by atoms with E-state index in [-0.39, 0.29) is 11.5 Å². The molecule has 0 saturated carbocycles. The molecule has 0 aromatic heterocycles. The molecule has 8 rings (SSSR count). The van der Waals surface area contributed by atoms with Crippen molar-refractivity contribution in [3.05, 3.63) is 185 Å². The predicted octanol–water partition coefficient (Wildman–Crippen LogP) is 9.74. The molecule has 0 N–H and O–H groups in total. The maximum absolute atomic E-state index is 2.55. The number of rotatable bonds is 4. The van der Waals surface area contributed by atoms with E-state index in [0.717, 1.165) is 0 Å². The zero-order valence-corrected chi connectivity index (χ0v) is 23.1. The summed E-state index contributed by atoms with van der Waals surface area (Å²) >= 11 is 0. The summed E-state index contributed by atoms with van der Waals surface area (Å²) in [5.41, 5.74) is 12.9. The first-order valence-corrected chi connectivity index (χ1v) is 14.6. The molecule has 5 aromatic rings. The summed E-state index contributed by atoms with van der Waals surface area (Å²) in [7, 11) is 0. The van der Waals surface area contributed by atoms with Gasteiger partial charge in [0.25, 0.3) is 0 Å². The van der Waals surface area contributed by atoms with E-state index in [9.17, 15) is 0 Å². The number of hydrogen-bond acceptors (Lipinski definition) is 1. The standard InChI is InChI=1S/C40H31N/c1-28-15-14-23-34(39(28)41(30-17-4-2-5-18-30)31-19-6-3-7-20-31)38-27-29-16-8-11-24-35(29)40(38)36-25-12-9-21-32(36)33-22-10-13-26-37(33)40/h2-28,39H,1H3. The second-order valence-corrected chi connectivity index (χ2v) is 11.3. The molecule has 0 bridgehead atoms. The van der Waals surface area contributed by atoms with Crippen molar-refractivity contribution >= 4 is 17.5 Å². The summed E-state index contributed by atoms with van der Waals surface area (Å²) in [6.07, 6.45) is 9.49. The first-order chi connectivity index (χ1) is 20.3. The van der Waals surface area contributed by atoms with Crippen LogP contribution in [-0.2, 0) is 5.41 Å². The van der Waals surface area contributed by atoms with Crippen molar-refractivity contribution in [3.8, 4) is 11.1 Å². The number of anilines is 2. The molecule has 1 heteroatoms. The lowest BCUT2D eigenvalue weighted by molar-refractivity contribution is 0.575. The van der Waals surface area contributed by atoms with Gasteiger partial charge >= 0.3 is 0 Å². The Morgan fingerprint density at radius 3 is 1.68 bits per heavy atom. The molecular formula is C40H31N. The van der Waals surface area contributed by atoms with Crippen molar-refractivity contribution in [2.75, 3.05) is 4.90 Å². The van der Waals surface area contributed by atoms with E-state index >= 15 is 0 Å². The van der Waals surface area contributed by atoms with Crippen LogP contribution in [0.15, 0.2) is 163 Å². The fourth-order valence-electron chi connectivity index (χ4n) is 7.58. The summed E-state index contributed by atoms with van der Waals surface area (Å²) in [4.78, 5) is 2.55. The molecule has 2 atom stereocenters. The van der Waals surface area contributed by atoms with Crippen molar-refractivity contribution in [2.45, 2.75) is 18.4 Å². The average Bonchev–Trinajstić information content (AvgIpc) is 3.53. The van der Waals surface area contributed by atoms with Gasteiger partial charge < -0.3 is 4.90 Å². The van der Waals surface area contributed by atoms with Gasteiger partial charge in [-0.05, 0) is 80.8 Å². The number of para-hydroxylation sites is 2. The number of benzene rings is 5.